The summed E-state index contributed by atoms with van der Waals surface area (Å²) < 4.78 is 5.16. The molecule has 0 bridgehead atoms. The summed E-state index contributed by atoms with van der Waals surface area (Å²) in [4.78, 5) is 22.2. The Hall–Kier alpha value is -2.24. The smallest absolute Gasteiger partial charge is 0.329 e. The molecule has 31 heavy (non-hydrogen) atoms. The Morgan fingerprint density at radius 1 is 0.935 bits per heavy atom. The molecule has 0 unspecified atom stereocenters. The van der Waals surface area contributed by atoms with Gasteiger partial charge in [0.15, 0.2) is 0 Å². The van der Waals surface area contributed by atoms with Crippen molar-refractivity contribution in [3.05, 3.63) is 58.6 Å². The maximum absolute atomic E-state index is 12.8. The van der Waals surface area contributed by atoms with E-state index in [2.05, 4.69) is 4.90 Å². The number of hydrogen-bond acceptors (Lipinski definition) is 3. The van der Waals surface area contributed by atoms with Gasteiger partial charge in [0.25, 0.3) is 0 Å². The van der Waals surface area contributed by atoms with E-state index in [0.717, 1.165) is 36.7 Å². The standard InChI is InChI=1S/C24H27Cl2N3O2/c1-31-23(30)22-15-16-28(20-5-3-2-4-6-20)24(27-19-11-7-17(25)8-12-19)29(22)21-13-9-18(26)10-14-21/h7-14,20,22H,2-6,15-16H2,1H3/t22-/m0/s1. The highest BCUT2D eigenvalue weighted by Gasteiger charge is 2.40. The van der Waals surface area contributed by atoms with Gasteiger partial charge in [0.1, 0.15) is 6.04 Å². The minimum absolute atomic E-state index is 0.262. The number of aliphatic imine (C=N–C) groups is 1. The molecule has 1 aliphatic heterocycles. The lowest BCUT2D eigenvalue weighted by Gasteiger charge is -2.47. The van der Waals surface area contributed by atoms with Crippen molar-refractivity contribution in [1.82, 2.24) is 4.90 Å². The predicted octanol–water partition coefficient (Wildman–Crippen LogP) is 6.07. The van der Waals surface area contributed by atoms with Crippen LogP contribution in [-0.2, 0) is 9.53 Å². The van der Waals surface area contributed by atoms with Crippen LogP contribution in [0.15, 0.2) is 53.5 Å². The number of guanidine groups is 1. The third-order valence-electron chi connectivity index (χ3n) is 6.08. The molecule has 2 fully saturated rings. The number of methoxy groups -OCH3 is 1. The van der Waals surface area contributed by atoms with Gasteiger partial charge in [0.05, 0.1) is 12.8 Å². The molecule has 4 rings (SSSR count). The monoisotopic (exact) mass is 459 g/mol. The third kappa shape index (κ3) is 4.99. The average molecular weight is 460 g/mol. The summed E-state index contributed by atoms with van der Waals surface area (Å²) in [5.41, 5.74) is 1.66. The third-order valence-corrected chi connectivity index (χ3v) is 6.58. The van der Waals surface area contributed by atoms with Crippen LogP contribution < -0.4 is 4.90 Å². The fraction of sp³-hybridized carbons (Fsp3) is 0.417. The number of carbonyl (C=O) groups is 1. The first-order valence-electron chi connectivity index (χ1n) is 10.8. The molecule has 0 radical (unpaired) electrons. The molecule has 2 aliphatic rings. The summed E-state index contributed by atoms with van der Waals surface area (Å²) in [6.07, 6.45) is 6.66. The summed E-state index contributed by atoms with van der Waals surface area (Å²) in [5.74, 6) is 0.514. The maximum atomic E-state index is 12.8. The molecule has 0 spiro atoms. The SMILES string of the molecule is COC(=O)[C@@H]1CCN(C2CCCCC2)C(=Nc2ccc(Cl)cc2)N1c1ccc(Cl)cc1. The first-order valence-corrected chi connectivity index (χ1v) is 11.6. The lowest BCUT2D eigenvalue weighted by Crippen LogP contribution is -2.61. The quantitative estimate of drug-likeness (QED) is 0.520. The maximum Gasteiger partial charge on any atom is 0.329 e. The van der Waals surface area contributed by atoms with E-state index < -0.39 is 6.04 Å². The average Bonchev–Trinajstić information content (AvgIpc) is 2.81. The van der Waals surface area contributed by atoms with Gasteiger partial charge in [-0.15, -0.1) is 0 Å². The molecule has 1 saturated heterocycles. The van der Waals surface area contributed by atoms with Crippen molar-refractivity contribution >= 4 is 46.5 Å². The molecule has 7 heteroatoms. The molecule has 0 amide bonds. The van der Waals surface area contributed by atoms with Gasteiger partial charge in [0.2, 0.25) is 5.96 Å². The molecule has 1 aliphatic carbocycles. The zero-order valence-corrected chi connectivity index (χ0v) is 19.1. The van der Waals surface area contributed by atoms with Crippen LogP contribution >= 0.6 is 23.2 Å². The van der Waals surface area contributed by atoms with Gasteiger partial charge in [0, 0.05) is 28.3 Å². The topological polar surface area (TPSA) is 45.1 Å². The minimum Gasteiger partial charge on any atom is -0.467 e. The van der Waals surface area contributed by atoms with Gasteiger partial charge >= 0.3 is 5.97 Å². The summed E-state index contributed by atoms with van der Waals surface area (Å²) in [5, 5.41) is 1.31. The summed E-state index contributed by atoms with van der Waals surface area (Å²) >= 11 is 12.2. The van der Waals surface area contributed by atoms with Crippen LogP contribution in [0.4, 0.5) is 11.4 Å². The molecular weight excluding hydrogens is 433 g/mol. The Morgan fingerprint density at radius 2 is 1.55 bits per heavy atom. The van der Waals surface area contributed by atoms with Crippen LogP contribution in [0.5, 0.6) is 0 Å². The van der Waals surface area contributed by atoms with Crippen molar-refractivity contribution in [2.45, 2.75) is 50.6 Å². The van der Waals surface area contributed by atoms with Gasteiger partial charge in [-0.3, -0.25) is 4.90 Å². The van der Waals surface area contributed by atoms with Crippen LogP contribution in [0.3, 0.4) is 0 Å². The van der Waals surface area contributed by atoms with Crippen molar-refractivity contribution in [3.63, 3.8) is 0 Å². The Labute approximate surface area is 193 Å². The van der Waals surface area contributed by atoms with Crippen molar-refractivity contribution in [2.75, 3.05) is 18.6 Å². The second-order valence-electron chi connectivity index (χ2n) is 8.05. The highest BCUT2D eigenvalue weighted by molar-refractivity contribution is 6.31. The molecule has 1 heterocycles. The predicted molar refractivity (Wildman–Crippen MR) is 126 cm³/mol. The number of benzene rings is 2. The molecule has 164 valence electrons. The highest BCUT2D eigenvalue weighted by Crippen LogP contribution is 2.33. The van der Waals surface area contributed by atoms with Crippen LogP contribution in [0.2, 0.25) is 10.0 Å². The van der Waals surface area contributed by atoms with Crippen molar-refractivity contribution in [1.29, 1.82) is 0 Å². The van der Waals surface area contributed by atoms with Crippen LogP contribution in [0, 0.1) is 0 Å². The van der Waals surface area contributed by atoms with Gasteiger partial charge in [-0.1, -0.05) is 42.5 Å². The van der Waals surface area contributed by atoms with Crippen LogP contribution in [-0.4, -0.2) is 42.6 Å². The van der Waals surface area contributed by atoms with Crippen molar-refractivity contribution in [3.8, 4) is 0 Å². The van der Waals surface area contributed by atoms with E-state index in [0.29, 0.717) is 22.5 Å². The minimum atomic E-state index is -0.447. The van der Waals surface area contributed by atoms with Crippen LogP contribution in [0.1, 0.15) is 38.5 Å². The number of rotatable bonds is 4. The molecule has 0 N–H and O–H groups in total. The Morgan fingerprint density at radius 3 is 2.16 bits per heavy atom. The fourth-order valence-corrected chi connectivity index (χ4v) is 4.76. The summed E-state index contributed by atoms with van der Waals surface area (Å²) in [6.45, 7) is 0.765. The van der Waals surface area contributed by atoms with Crippen molar-refractivity contribution < 1.29 is 9.53 Å². The fourth-order valence-electron chi connectivity index (χ4n) is 4.51. The second-order valence-corrected chi connectivity index (χ2v) is 8.92. The second kappa shape index (κ2) is 9.92. The molecule has 2 aromatic rings. The Kier molecular flexibility index (Phi) is 7.03. The number of esters is 1. The highest BCUT2D eigenvalue weighted by atomic mass is 35.5. The summed E-state index contributed by atoms with van der Waals surface area (Å²) in [6, 6.07) is 15.0. The van der Waals surface area contributed by atoms with Gasteiger partial charge in [-0.2, -0.15) is 0 Å². The number of nitrogens with zero attached hydrogens (tertiary/aromatic N) is 3. The molecule has 5 nitrogen and oxygen atoms in total. The van der Waals surface area contributed by atoms with Crippen molar-refractivity contribution in [2.24, 2.45) is 4.99 Å². The molecule has 0 aromatic heterocycles. The van der Waals surface area contributed by atoms with E-state index >= 15 is 0 Å². The zero-order chi connectivity index (χ0) is 21.8. The number of halogens is 2. The van der Waals surface area contributed by atoms with E-state index in [4.69, 9.17) is 32.9 Å². The van der Waals surface area contributed by atoms with E-state index in [1.165, 1.54) is 26.4 Å². The van der Waals surface area contributed by atoms with E-state index in [9.17, 15) is 4.79 Å². The number of carbonyl (C=O) groups excluding carboxylic acids is 1. The molecular formula is C24H27Cl2N3O2. The molecule has 2 aromatic carbocycles. The summed E-state index contributed by atoms with van der Waals surface area (Å²) in [7, 11) is 1.44. The number of ether oxygens (including phenoxy) is 1. The van der Waals surface area contributed by atoms with Gasteiger partial charge in [-0.25, -0.2) is 9.79 Å². The Balaban J connectivity index is 1.81. The lowest BCUT2D eigenvalue weighted by atomic mass is 9.93. The normalized spacial score (nSPS) is 21.4. The first kappa shape index (κ1) is 22.0. The van der Waals surface area contributed by atoms with Crippen LogP contribution in [0.25, 0.3) is 0 Å². The van der Waals surface area contributed by atoms with E-state index in [1.807, 2.05) is 53.4 Å². The van der Waals surface area contributed by atoms with Gasteiger partial charge in [-0.05, 0) is 67.8 Å². The zero-order valence-electron chi connectivity index (χ0n) is 17.6. The van der Waals surface area contributed by atoms with Gasteiger partial charge < -0.3 is 9.64 Å². The van der Waals surface area contributed by atoms with E-state index in [1.54, 1.807) is 0 Å². The molecule has 1 saturated carbocycles. The number of hydrogen-bond donors (Lipinski definition) is 0. The number of anilines is 1. The lowest BCUT2D eigenvalue weighted by molar-refractivity contribution is -0.142. The largest absolute Gasteiger partial charge is 0.467 e. The van der Waals surface area contributed by atoms with E-state index in [-0.39, 0.29) is 5.97 Å². The first-order chi connectivity index (χ1) is 15.1. The molecule has 1 atom stereocenters. The Bertz CT molecular complexity index is 925.